The van der Waals surface area contributed by atoms with Crippen LogP contribution in [0.5, 0.6) is 0 Å². The lowest BCUT2D eigenvalue weighted by atomic mass is 9.95. The standard InChI is InChI=1S/C25H19F6N5O2S2/c1-13-22(25(29,30)31)34-23(39-13)36(3)40(37,38)15-5-7-17-19(12-32-20(17)11-15)16-6-4-14(24(26,27)28)10-18(16)21-8-9-33-35(21)2/h4-12,32H,1-3H3. The van der Waals surface area contributed by atoms with Crippen molar-refractivity contribution in [1.82, 2.24) is 19.7 Å². The van der Waals surface area contributed by atoms with Gasteiger partial charge in [-0.05, 0) is 42.8 Å². The van der Waals surface area contributed by atoms with Crippen molar-refractivity contribution < 1.29 is 34.8 Å². The number of halogens is 6. The summed E-state index contributed by atoms with van der Waals surface area (Å²) in [6, 6.07) is 9.00. The third-order valence-electron chi connectivity index (χ3n) is 6.37. The number of fused-ring (bicyclic) bond motifs is 1. The number of thiazole rings is 1. The highest BCUT2D eigenvalue weighted by molar-refractivity contribution is 7.93. The van der Waals surface area contributed by atoms with E-state index in [2.05, 4.69) is 15.1 Å². The maximum Gasteiger partial charge on any atom is 0.434 e. The Bertz CT molecular complexity index is 1850. The fourth-order valence-electron chi connectivity index (χ4n) is 4.34. The highest BCUT2D eigenvalue weighted by Crippen LogP contribution is 2.41. The van der Waals surface area contributed by atoms with Gasteiger partial charge in [0.2, 0.25) is 0 Å². The van der Waals surface area contributed by atoms with Crippen LogP contribution in [0.25, 0.3) is 33.3 Å². The van der Waals surface area contributed by atoms with Crippen LogP contribution in [0.4, 0.5) is 31.5 Å². The van der Waals surface area contributed by atoms with E-state index in [9.17, 15) is 34.8 Å². The summed E-state index contributed by atoms with van der Waals surface area (Å²) in [5.41, 5.74) is 0.0392. The number of aryl methyl sites for hydroxylation is 2. The van der Waals surface area contributed by atoms with E-state index in [1.165, 1.54) is 42.1 Å². The van der Waals surface area contributed by atoms with Gasteiger partial charge >= 0.3 is 12.4 Å². The van der Waals surface area contributed by atoms with E-state index < -0.39 is 33.6 Å². The minimum absolute atomic E-state index is 0.172. The third-order valence-corrected chi connectivity index (χ3v) is 9.28. The van der Waals surface area contributed by atoms with Gasteiger partial charge in [-0.1, -0.05) is 12.1 Å². The first kappa shape index (κ1) is 27.7. The second-order valence-electron chi connectivity index (χ2n) is 8.88. The molecule has 0 aliphatic carbocycles. The average Bonchev–Trinajstić information content (AvgIpc) is 3.59. The second kappa shape index (κ2) is 9.37. The number of benzene rings is 2. The zero-order chi connectivity index (χ0) is 29.2. The van der Waals surface area contributed by atoms with Gasteiger partial charge in [0, 0.05) is 53.4 Å². The van der Waals surface area contributed by atoms with Crippen molar-refractivity contribution in [3.05, 3.63) is 71.0 Å². The van der Waals surface area contributed by atoms with Crippen LogP contribution in [0, 0.1) is 6.92 Å². The summed E-state index contributed by atoms with van der Waals surface area (Å²) >= 11 is 0.601. The largest absolute Gasteiger partial charge is 0.434 e. The number of nitrogens with zero attached hydrogens (tertiary/aromatic N) is 4. The molecular weight excluding hydrogens is 580 g/mol. The molecule has 210 valence electrons. The maximum absolute atomic E-state index is 13.5. The van der Waals surface area contributed by atoms with E-state index in [1.54, 1.807) is 19.3 Å². The number of rotatable bonds is 5. The van der Waals surface area contributed by atoms with Gasteiger partial charge in [0.25, 0.3) is 10.0 Å². The molecule has 15 heteroatoms. The number of nitrogens with one attached hydrogen (secondary N) is 1. The first-order chi connectivity index (χ1) is 18.6. The number of anilines is 1. The van der Waals surface area contributed by atoms with Gasteiger partial charge in [0.05, 0.1) is 16.2 Å². The summed E-state index contributed by atoms with van der Waals surface area (Å²) < 4.78 is 109. The molecule has 0 atom stereocenters. The van der Waals surface area contributed by atoms with Gasteiger partial charge in [-0.2, -0.15) is 31.4 Å². The first-order valence-electron chi connectivity index (χ1n) is 11.4. The minimum Gasteiger partial charge on any atom is -0.361 e. The highest BCUT2D eigenvalue weighted by Gasteiger charge is 2.38. The van der Waals surface area contributed by atoms with Crippen LogP contribution in [-0.4, -0.2) is 35.2 Å². The zero-order valence-electron chi connectivity index (χ0n) is 20.9. The lowest BCUT2D eigenvalue weighted by Gasteiger charge is -2.16. The first-order valence-corrected chi connectivity index (χ1v) is 13.7. The normalized spacial score (nSPS) is 12.8. The Hall–Kier alpha value is -3.85. The maximum atomic E-state index is 13.5. The third kappa shape index (κ3) is 4.72. The van der Waals surface area contributed by atoms with Crippen LogP contribution in [0.15, 0.2) is 59.8 Å². The van der Waals surface area contributed by atoms with Gasteiger partial charge in [0.1, 0.15) is 0 Å². The van der Waals surface area contributed by atoms with Crippen molar-refractivity contribution in [3.8, 4) is 22.4 Å². The SMILES string of the molecule is Cc1sc(N(C)S(=O)(=O)c2ccc3c(-c4ccc(C(F)(F)F)cc4-c4ccnn4C)c[nH]c3c2)nc1C(F)(F)F. The molecule has 0 saturated carbocycles. The molecule has 3 heterocycles. The van der Waals surface area contributed by atoms with Crippen LogP contribution in [-0.2, 0) is 29.4 Å². The van der Waals surface area contributed by atoms with E-state index in [0.29, 0.717) is 43.4 Å². The number of hydrogen-bond donors (Lipinski definition) is 1. The van der Waals surface area contributed by atoms with Crippen LogP contribution in [0.3, 0.4) is 0 Å². The monoisotopic (exact) mass is 599 g/mol. The lowest BCUT2D eigenvalue weighted by molar-refractivity contribution is -0.141. The predicted octanol–water partition coefficient (Wildman–Crippen LogP) is 6.86. The number of aromatic amines is 1. The van der Waals surface area contributed by atoms with Crippen LogP contribution < -0.4 is 4.31 Å². The molecule has 5 aromatic rings. The molecule has 0 aliphatic rings. The van der Waals surface area contributed by atoms with Gasteiger partial charge in [-0.25, -0.2) is 17.7 Å². The molecule has 0 unspecified atom stereocenters. The van der Waals surface area contributed by atoms with E-state index in [4.69, 9.17) is 0 Å². The van der Waals surface area contributed by atoms with Crippen LogP contribution >= 0.6 is 11.3 Å². The Balaban J connectivity index is 1.58. The fraction of sp³-hybridized carbons (Fsp3) is 0.200. The quantitative estimate of drug-likeness (QED) is 0.224. The molecule has 0 aliphatic heterocycles. The summed E-state index contributed by atoms with van der Waals surface area (Å²) in [7, 11) is -1.59. The van der Waals surface area contributed by atoms with Crippen molar-refractivity contribution in [2.24, 2.45) is 7.05 Å². The molecule has 0 radical (unpaired) electrons. The molecule has 40 heavy (non-hydrogen) atoms. The van der Waals surface area contributed by atoms with Crippen molar-refractivity contribution in [1.29, 1.82) is 0 Å². The minimum atomic E-state index is -4.73. The van der Waals surface area contributed by atoms with Gasteiger partial charge in [0.15, 0.2) is 10.8 Å². The number of alkyl halides is 6. The molecule has 0 saturated heterocycles. The molecule has 3 aromatic heterocycles. The van der Waals surface area contributed by atoms with Crippen LogP contribution in [0.1, 0.15) is 16.1 Å². The summed E-state index contributed by atoms with van der Waals surface area (Å²) in [5, 5.41) is 4.24. The molecule has 1 N–H and O–H groups in total. The van der Waals surface area contributed by atoms with Crippen molar-refractivity contribution in [2.45, 2.75) is 24.2 Å². The Morgan fingerprint density at radius 2 is 1.68 bits per heavy atom. The predicted molar refractivity (Wildman–Crippen MR) is 138 cm³/mol. The summed E-state index contributed by atoms with van der Waals surface area (Å²) in [6.45, 7) is 1.21. The number of hydrogen-bond acceptors (Lipinski definition) is 5. The Morgan fingerprint density at radius 1 is 0.950 bits per heavy atom. The molecule has 0 fully saturated rings. The van der Waals surface area contributed by atoms with Crippen molar-refractivity contribution in [2.75, 3.05) is 11.4 Å². The smallest absolute Gasteiger partial charge is 0.361 e. The van der Waals surface area contributed by atoms with E-state index in [-0.39, 0.29) is 20.5 Å². The number of H-pyrrole nitrogens is 1. The van der Waals surface area contributed by atoms with E-state index in [0.717, 1.165) is 19.2 Å². The summed E-state index contributed by atoms with van der Waals surface area (Å²) in [4.78, 5) is 6.06. The van der Waals surface area contributed by atoms with Gasteiger partial charge < -0.3 is 4.98 Å². The van der Waals surface area contributed by atoms with Crippen LogP contribution in [0.2, 0.25) is 0 Å². The topological polar surface area (TPSA) is 83.9 Å². The molecule has 5 rings (SSSR count). The van der Waals surface area contributed by atoms with E-state index in [1.807, 2.05) is 0 Å². The van der Waals surface area contributed by atoms with Gasteiger partial charge in [-0.15, -0.1) is 11.3 Å². The van der Waals surface area contributed by atoms with Crippen molar-refractivity contribution in [3.63, 3.8) is 0 Å². The molecular formula is C25H19F6N5O2S2. The van der Waals surface area contributed by atoms with Gasteiger partial charge in [-0.3, -0.25) is 4.68 Å². The second-order valence-corrected chi connectivity index (χ2v) is 12.0. The highest BCUT2D eigenvalue weighted by atomic mass is 32.2. The number of aromatic nitrogens is 4. The Morgan fingerprint density at radius 3 is 2.27 bits per heavy atom. The Kier molecular flexibility index (Phi) is 6.49. The average molecular weight is 600 g/mol. The Labute approximate surface area is 227 Å². The van der Waals surface area contributed by atoms with E-state index >= 15 is 0 Å². The molecule has 2 aromatic carbocycles. The fourth-order valence-corrected chi connectivity index (χ4v) is 6.61. The summed E-state index contributed by atoms with van der Waals surface area (Å²) in [5.74, 6) is 0. The zero-order valence-corrected chi connectivity index (χ0v) is 22.5. The molecule has 7 nitrogen and oxygen atoms in total. The summed E-state index contributed by atoms with van der Waals surface area (Å²) in [6.07, 6.45) is -6.29. The molecule has 0 amide bonds. The molecule has 0 spiro atoms. The number of sulfonamides is 1. The lowest BCUT2D eigenvalue weighted by Crippen LogP contribution is -2.26. The molecule has 0 bridgehead atoms. The van der Waals surface area contributed by atoms with Crippen molar-refractivity contribution >= 4 is 37.4 Å².